The van der Waals surface area contributed by atoms with Crippen LogP contribution in [0, 0.1) is 0 Å². The molecule has 0 spiro atoms. The fraction of sp³-hybridized carbons (Fsp3) is 0.346. The molecular formula is C26H29F3N2O2. The molecule has 1 heterocycles. The first kappa shape index (κ1) is 24.4. The maximum Gasteiger partial charge on any atom is 0.416 e. The van der Waals surface area contributed by atoms with Gasteiger partial charge in [0.25, 0.3) is 5.91 Å². The Bertz CT molecular complexity index is 1060. The summed E-state index contributed by atoms with van der Waals surface area (Å²) in [5, 5.41) is 0. The van der Waals surface area contributed by atoms with Gasteiger partial charge in [-0.3, -0.25) is 4.79 Å². The second kappa shape index (κ2) is 11.1. The van der Waals surface area contributed by atoms with Crippen LogP contribution in [0.3, 0.4) is 0 Å². The van der Waals surface area contributed by atoms with Gasteiger partial charge in [0.05, 0.1) is 19.2 Å². The highest BCUT2D eigenvalue weighted by Crippen LogP contribution is 2.29. The number of benzene rings is 2. The number of carbonyl (C=O) groups excluding carboxylic acids is 1. The van der Waals surface area contributed by atoms with Crippen molar-refractivity contribution in [3.63, 3.8) is 0 Å². The van der Waals surface area contributed by atoms with Gasteiger partial charge in [-0.25, -0.2) is 0 Å². The van der Waals surface area contributed by atoms with E-state index in [1.807, 2.05) is 22.9 Å². The van der Waals surface area contributed by atoms with E-state index in [0.29, 0.717) is 36.5 Å². The summed E-state index contributed by atoms with van der Waals surface area (Å²) >= 11 is 0. The zero-order chi connectivity index (χ0) is 23.8. The average molecular weight is 459 g/mol. The molecule has 0 N–H and O–H groups in total. The summed E-state index contributed by atoms with van der Waals surface area (Å²) in [5.41, 5.74) is 1.30. The first-order valence-corrected chi connectivity index (χ1v) is 11.0. The molecule has 7 heteroatoms. The summed E-state index contributed by atoms with van der Waals surface area (Å²) in [6, 6.07) is 16.2. The normalized spacial score (nSPS) is 11.4. The fourth-order valence-corrected chi connectivity index (χ4v) is 3.73. The molecule has 0 atom stereocenters. The Balaban J connectivity index is 1.81. The Labute approximate surface area is 192 Å². The lowest BCUT2D eigenvalue weighted by Gasteiger charge is -2.24. The third-order valence-corrected chi connectivity index (χ3v) is 5.52. The number of unbranched alkanes of at least 4 members (excludes halogenated alkanes) is 2. The molecule has 0 saturated carbocycles. The van der Waals surface area contributed by atoms with Crippen LogP contribution in [0.5, 0.6) is 5.75 Å². The van der Waals surface area contributed by atoms with Gasteiger partial charge in [0, 0.05) is 30.5 Å². The minimum atomic E-state index is -4.38. The SMILES string of the molecule is CCCCCN(Cc1cccn1Cc1cccc(C(F)(F)F)c1)C(=O)c1cccc(OC)c1. The summed E-state index contributed by atoms with van der Waals surface area (Å²) in [6.07, 6.45) is 0.366. The number of amides is 1. The first-order chi connectivity index (χ1) is 15.8. The standard InChI is InChI=1S/C26H29F3N2O2/c1-3-4-5-14-31(25(32)21-10-7-13-24(17-21)33-2)19-23-12-8-15-30(23)18-20-9-6-11-22(16-20)26(27,28)29/h6-13,15-17H,3-5,14,18-19H2,1-2H3. The molecule has 0 bridgehead atoms. The topological polar surface area (TPSA) is 34.5 Å². The second-order valence-electron chi connectivity index (χ2n) is 7.99. The zero-order valence-electron chi connectivity index (χ0n) is 18.9. The van der Waals surface area contributed by atoms with Crippen molar-refractivity contribution in [3.8, 4) is 5.75 Å². The Hall–Kier alpha value is -3.22. The summed E-state index contributed by atoms with van der Waals surface area (Å²) in [4.78, 5) is 15.1. The second-order valence-corrected chi connectivity index (χ2v) is 7.99. The van der Waals surface area contributed by atoms with Crippen LogP contribution in [0.2, 0.25) is 0 Å². The minimum absolute atomic E-state index is 0.100. The molecule has 33 heavy (non-hydrogen) atoms. The minimum Gasteiger partial charge on any atom is -0.497 e. The Morgan fingerprint density at radius 3 is 2.55 bits per heavy atom. The molecule has 0 aliphatic heterocycles. The number of hydrogen-bond donors (Lipinski definition) is 0. The van der Waals surface area contributed by atoms with Gasteiger partial charge in [-0.1, -0.05) is 38.0 Å². The Kier molecular flexibility index (Phi) is 8.20. The third kappa shape index (κ3) is 6.63. The molecule has 3 rings (SSSR count). The van der Waals surface area contributed by atoms with Crippen LogP contribution in [-0.2, 0) is 19.3 Å². The predicted molar refractivity (Wildman–Crippen MR) is 122 cm³/mol. The van der Waals surface area contributed by atoms with Gasteiger partial charge < -0.3 is 14.2 Å². The van der Waals surface area contributed by atoms with Crippen molar-refractivity contribution in [2.75, 3.05) is 13.7 Å². The molecule has 0 unspecified atom stereocenters. The van der Waals surface area contributed by atoms with E-state index in [2.05, 4.69) is 6.92 Å². The lowest BCUT2D eigenvalue weighted by Crippen LogP contribution is -2.32. The Morgan fingerprint density at radius 2 is 1.82 bits per heavy atom. The fourth-order valence-electron chi connectivity index (χ4n) is 3.73. The van der Waals surface area contributed by atoms with Gasteiger partial charge in [0.15, 0.2) is 0 Å². The van der Waals surface area contributed by atoms with Crippen molar-refractivity contribution in [1.29, 1.82) is 0 Å². The molecule has 3 aromatic rings. The van der Waals surface area contributed by atoms with Gasteiger partial charge in [-0.2, -0.15) is 13.2 Å². The van der Waals surface area contributed by atoms with E-state index in [1.54, 1.807) is 42.3 Å². The van der Waals surface area contributed by atoms with Gasteiger partial charge in [0.1, 0.15) is 5.75 Å². The molecule has 0 aliphatic rings. The number of nitrogens with zero attached hydrogens (tertiary/aromatic N) is 2. The maximum absolute atomic E-state index is 13.3. The molecular weight excluding hydrogens is 429 g/mol. The van der Waals surface area contributed by atoms with Gasteiger partial charge in [-0.15, -0.1) is 0 Å². The van der Waals surface area contributed by atoms with E-state index in [0.717, 1.165) is 31.0 Å². The highest BCUT2D eigenvalue weighted by Gasteiger charge is 2.30. The lowest BCUT2D eigenvalue weighted by atomic mass is 10.1. The molecule has 2 aromatic carbocycles. The molecule has 0 radical (unpaired) electrons. The van der Waals surface area contributed by atoms with Crippen LogP contribution in [0.4, 0.5) is 13.2 Å². The third-order valence-electron chi connectivity index (χ3n) is 5.52. The monoisotopic (exact) mass is 458 g/mol. The van der Waals surface area contributed by atoms with E-state index < -0.39 is 11.7 Å². The summed E-state index contributed by atoms with van der Waals surface area (Å²) in [5.74, 6) is 0.513. The number of alkyl halides is 3. The van der Waals surface area contributed by atoms with Gasteiger partial charge >= 0.3 is 6.18 Å². The van der Waals surface area contributed by atoms with Crippen molar-refractivity contribution >= 4 is 5.91 Å². The van der Waals surface area contributed by atoms with E-state index in [-0.39, 0.29) is 5.91 Å². The number of hydrogen-bond acceptors (Lipinski definition) is 2. The molecule has 0 fully saturated rings. The lowest BCUT2D eigenvalue weighted by molar-refractivity contribution is -0.137. The van der Waals surface area contributed by atoms with E-state index in [1.165, 1.54) is 12.1 Å². The highest BCUT2D eigenvalue weighted by atomic mass is 19.4. The highest BCUT2D eigenvalue weighted by molar-refractivity contribution is 5.94. The number of halogens is 3. The number of aromatic nitrogens is 1. The van der Waals surface area contributed by atoms with Crippen LogP contribution in [0.25, 0.3) is 0 Å². The number of carbonyl (C=O) groups is 1. The molecule has 1 aromatic heterocycles. The van der Waals surface area contributed by atoms with E-state index >= 15 is 0 Å². The number of ether oxygens (including phenoxy) is 1. The maximum atomic E-state index is 13.3. The van der Waals surface area contributed by atoms with Crippen LogP contribution >= 0.6 is 0 Å². The zero-order valence-corrected chi connectivity index (χ0v) is 18.9. The molecule has 0 aliphatic carbocycles. The van der Waals surface area contributed by atoms with Crippen molar-refractivity contribution in [1.82, 2.24) is 9.47 Å². The molecule has 0 saturated heterocycles. The first-order valence-electron chi connectivity index (χ1n) is 11.0. The van der Waals surface area contributed by atoms with E-state index in [9.17, 15) is 18.0 Å². The quantitative estimate of drug-likeness (QED) is 0.330. The average Bonchev–Trinajstić information content (AvgIpc) is 3.24. The number of rotatable bonds is 10. The van der Waals surface area contributed by atoms with Crippen molar-refractivity contribution in [3.05, 3.63) is 89.2 Å². The number of methoxy groups -OCH3 is 1. The van der Waals surface area contributed by atoms with Crippen LogP contribution in [0.15, 0.2) is 66.9 Å². The smallest absolute Gasteiger partial charge is 0.416 e. The van der Waals surface area contributed by atoms with Crippen molar-refractivity contribution in [2.24, 2.45) is 0 Å². The van der Waals surface area contributed by atoms with Crippen molar-refractivity contribution in [2.45, 2.75) is 45.5 Å². The predicted octanol–water partition coefficient (Wildman–Crippen LogP) is 6.40. The summed E-state index contributed by atoms with van der Waals surface area (Å²) in [7, 11) is 1.56. The summed E-state index contributed by atoms with van der Waals surface area (Å²) < 4.78 is 46.4. The van der Waals surface area contributed by atoms with Crippen molar-refractivity contribution < 1.29 is 22.7 Å². The molecule has 4 nitrogen and oxygen atoms in total. The molecule has 176 valence electrons. The molecule has 1 amide bonds. The van der Waals surface area contributed by atoms with Crippen LogP contribution < -0.4 is 4.74 Å². The van der Waals surface area contributed by atoms with Gasteiger partial charge in [-0.05, 0) is 54.4 Å². The largest absolute Gasteiger partial charge is 0.497 e. The van der Waals surface area contributed by atoms with Crippen LogP contribution in [0.1, 0.15) is 53.4 Å². The Morgan fingerprint density at radius 1 is 1.03 bits per heavy atom. The van der Waals surface area contributed by atoms with Gasteiger partial charge in [0.2, 0.25) is 0 Å². The summed E-state index contributed by atoms with van der Waals surface area (Å²) in [6.45, 7) is 3.36. The van der Waals surface area contributed by atoms with E-state index in [4.69, 9.17) is 4.74 Å². The van der Waals surface area contributed by atoms with Crippen LogP contribution in [-0.4, -0.2) is 29.0 Å².